The number of rotatable bonds is 8. The molecule has 2 aromatic rings. The first-order valence-corrected chi connectivity index (χ1v) is 7.31. The molecule has 110 valence electrons. The molecule has 0 fully saturated rings. The molecule has 20 heavy (non-hydrogen) atoms. The van der Waals surface area contributed by atoms with Gasteiger partial charge in [0.05, 0.1) is 13.2 Å². The van der Waals surface area contributed by atoms with E-state index in [4.69, 9.17) is 14.4 Å². The third-order valence-corrected chi connectivity index (χ3v) is 3.72. The number of aliphatic hydroxyl groups is 1. The van der Waals surface area contributed by atoms with Gasteiger partial charge in [-0.05, 0) is 24.8 Å². The molecule has 2 heterocycles. The molecule has 2 N–H and O–H groups in total. The van der Waals surface area contributed by atoms with Crippen molar-refractivity contribution >= 4 is 11.3 Å². The number of methoxy groups -OCH3 is 1. The van der Waals surface area contributed by atoms with E-state index in [1.165, 1.54) is 0 Å². The maximum Gasteiger partial charge on any atom is 0.240 e. The van der Waals surface area contributed by atoms with Crippen LogP contribution in [0.15, 0.2) is 21.3 Å². The summed E-state index contributed by atoms with van der Waals surface area (Å²) in [4.78, 5) is 4.34. The molecule has 0 aromatic carbocycles. The molecular formula is C13H19N3O3S. The summed E-state index contributed by atoms with van der Waals surface area (Å²) < 4.78 is 10.4. The predicted octanol–water partition coefficient (Wildman–Crippen LogP) is 1.68. The van der Waals surface area contributed by atoms with Crippen molar-refractivity contribution in [2.45, 2.75) is 25.4 Å². The highest BCUT2D eigenvalue weighted by Crippen LogP contribution is 2.19. The topological polar surface area (TPSA) is 80.4 Å². The lowest BCUT2D eigenvalue weighted by Gasteiger charge is -2.28. The third-order valence-electron chi connectivity index (χ3n) is 3.04. The molecule has 2 aromatic heterocycles. The molecule has 0 spiro atoms. The summed E-state index contributed by atoms with van der Waals surface area (Å²) in [6.07, 6.45) is 0.590. The van der Waals surface area contributed by atoms with Crippen molar-refractivity contribution in [3.8, 4) is 11.4 Å². The van der Waals surface area contributed by atoms with Gasteiger partial charge in [0, 0.05) is 30.2 Å². The lowest BCUT2D eigenvalue weighted by Crippen LogP contribution is -2.46. The maximum absolute atomic E-state index is 9.11. The minimum Gasteiger partial charge on any atom is -0.396 e. The van der Waals surface area contributed by atoms with Crippen LogP contribution in [0.4, 0.5) is 0 Å². The average molecular weight is 297 g/mol. The van der Waals surface area contributed by atoms with Crippen LogP contribution in [0.3, 0.4) is 0 Å². The Kier molecular flexibility index (Phi) is 5.24. The van der Waals surface area contributed by atoms with Crippen molar-refractivity contribution in [3.63, 3.8) is 0 Å². The standard InChI is InChI=1S/C13H19N3O3S/c1-13(4-5-17,9-18-2)14-7-11-15-12(16-19-11)10-3-6-20-8-10/h3,6,8,14,17H,4-5,7,9H2,1-2H3. The molecule has 0 aliphatic carbocycles. The van der Waals surface area contributed by atoms with Gasteiger partial charge < -0.3 is 19.7 Å². The van der Waals surface area contributed by atoms with E-state index in [1.54, 1.807) is 18.4 Å². The van der Waals surface area contributed by atoms with Crippen LogP contribution in [0.5, 0.6) is 0 Å². The van der Waals surface area contributed by atoms with E-state index >= 15 is 0 Å². The van der Waals surface area contributed by atoms with Gasteiger partial charge in [-0.15, -0.1) is 0 Å². The fraction of sp³-hybridized carbons (Fsp3) is 0.538. The van der Waals surface area contributed by atoms with Crippen LogP contribution in [0.2, 0.25) is 0 Å². The molecule has 6 nitrogen and oxygen atoms in total. The molecule has 7 heteroatoms. The first kappa shape index (κ1) is 15.1. The molecule has 0 radical (unpaired) electrons. The Morgan fingerprint density at radius 2 is 2.40 bits per heavy atom. The van der Waals surface area contributed by atoms with Crippen LogP contribution in [0, 0.1) is 0 Å². The van der Waals surface area contributed by atoms with E-state index in [-0.39, 0.29) is 12.1 Å². The van der Waals surface area contributed by atoms with Crippen molar-refractivity contribution in [1.82, 2.24) is 15.5 Å². The van der Waals surface area contributed by atoms with E-state index in [0.717, 1.165) is 5.56 Å². The second kappa shape index (κ2) is 6.94. The number of aromatic nitrogens is 2. The Balaban J connectivity index is 1.96. The Hall–Kier alpha value is -1.28. The highest BCUT2D eigenvalue weighted by Gasteiger charge is 2.24. The van der Waals surface area contributed by atoms with Crippen LogP contribution in [0.1, 0.15) is 19.2 Å². The van der Waals surface area contributed by atoms with Gasteiger partial charge in [0.15, 0.2) is 0 Å². The molecule has 1 atom stereocenters. The third kappa shape index (κ3) is 3.86. The summed E-state index contributed by atoms with van der Waals surface area (Å²) in [5, 5.41) is 20.3. The van der Waals surface area contributed by atoms with Crippen LogP contribution in [-0.4, -0.2) is 41.1 Å². The smallest absolute Gasteiger partial charge is 0.240 e. The monoisotopic (exact) mass is 297 g/mol. The SMILES string of the molecule is COCC(C)(CCO)NCc1nc(-c2ccsc2)no1. The van der Waals surface area contributed by atoms with Gasteiger partial charge >= 0.3 is 0 Å². The van der Waals surface area contributed by atoms with Crippen molar-refractivity contribution in [2.24, 2.45) is 0 Å². The number of hydrogen-bond donors (Lipinski definition) is 2. The number of ether oxygens (including phenoxy) is 1. The second-order valence-electron chi connectivity index (χ2n) is 4.84. The molecule has 0 aliphatic rings. The molecule has 1 unspecified atom stereocenters. The van der Waals surface area contributed by atoms with Crippen LogP contribution in [-0.2, 0) is 11.3 Å². The quantitative estimate of drug-likeness (QED) is 0.771. The fourth-order valence-electron chi connectivity index (χ4n) is 1.90. The minimum absolute atomic E-state index is 0.0941. The molecule has 0 saturated carbocycles. The van der Waals surface area contributed by atoms with Crippen LogP contribution in [0.25, 0.3) is 11.4 Å². The lowest BCUT2D eigenvalue weighted by atomic mass is 9.99. The minimum atomic E-state index is -0.319. The van der Waals surface area contributed by atoms with Gasteiger partial charge in [-0.2, -0.15) is 16.3 Å². The lowest BCUT2D eigenvalue weighted by molar-refractivity contribution is 0.0948. The molecular weight excluding hydrogens is 278 g/mol. The highest BCUT2D eigenvalue weighted by molar-refractivity contribution is 7.08. The molecule has 2 rings (SSSR count). The Morgan fingerprint density at radius 1 is 1.55 bits per heavy atom. The molecule has 0 bridgehead atoms. The van der Waals surface area contributed by atoms with E-state index < -0.39 is 0 Å². The highest BCUT2D eigenvalue weighted by atomic mass is 32.1. The van der Waals surface area contributed by atoms with Gasteiger partial charge in [0.2, 0.25) is 11.7 Å². The summed E-state index contributed by atoms with van der Waals surface area (Å²) in [5.74, 6) is 1.12. The van der Waals surface area contributed by atoms with Crippen LogP contribution >= 0.6 is 11.3 Å². The van der Waals surface area contributed by atoms with Gasteiger partial charge in [0.1, 0.15) is 0 Å². The van der Waals surface area contributed by atoms with E-state index in [2.05, 4.69) is 15.5 Å². The van der Waals surface area contributed by atoms with E-state index in [1.807, 2.05) is 23.8 Å². The van der Waals surface area contributed by atoms with Crippen molar-refractivity contribution < 1.29 is 14.4 Å². The number of hydrogen-bond acceptors (Lipinski definition) is 7. The zero-order chi connectivity index (χ0) is 14.4. The maximum atomic E-state index is 9.11. The first-order valence-electron chi connectivity index (χ1n) is 6.37. The van der Waals surface area contributed by atoms with Gasteiger partial charge in [-0.1, -0.05) is 5.16 Å². The summed E-state index contributed by atoms with van der Waals surface area (Å²) in [6, 6.07) is 1.95. The zero-order valence-corrected chi connectivity index (χ0v) is 12.4. The predicted molar refractivity (Wildman–Crippen MR) is 76.4 cm³/mol. The van der Waals surface area contributed by atoms with Gasteiger partial charge in [-0.25, -0.2) is 0 Å². The van der Waals surface area contributed by atoms with Crippen molar-refractivity contribution in [2.75, 3.05) is 20.3 Å². The normalized spacial score (nSPS) is 14.3. The summed E-state index contributed by atoms with van der Waals surface area (Å²) in [7, 11) is 1.64. The Bertz CT molecular complexity index is 507. The first-order chi connectivity index (χ1) is 9.67. The summed E-state index contributed by atoms with van der Waals surface area (Å²) in [5.41, 5.74) is 0.639. The van der Waals surface area contributed by atoms with Gasteiger partial charge in [-0.3, -0.25) is 0 Å². The number of thiophene rings is 1. The van der Waals surface area contributed by atoms with E-state index in [9.17, 15) is 0 Å². The Morgan fingerprint density at radius 3 is 3.05 bits per heavy atom. The molecule has 0 saturated heterocycles. The summed E-state index contributed by atoms with van der Waals surface area (Å²) in [6.45, 7) is 3.02. The second-order valence-corrected chi connectivity index (χ2v) is 5.62. The largest absolute Gasteiger partial charge is 0.396 e. The van der Waals surface area contributed by atoms with Crippen molar-refractivity contribution in [1.29, 1.82) is 0 Å². The van der Waals surface area contributed by atoms with Crippen molar-refractivity contribution in [3.05, 3.63) is 22.7 Å². The zero-order valence-electron chi connectivity index (χ0n) is 11.6. The molecule has 0 amide bonds. The van der Waals surface area contributed by atoms with Crippen LogP contribution < -0.4 is 5.32 Å². The number of aliphatic hydroxyl groups excluding tert-OH is 1. The van der Waals surface area contributed by atoms with Gasteiger partial charge in [0.25, 0.3) is 0 Å². The number of nitrogens with zero attached hydrogens (tertiary/aromatic N) is 2. The fourth-order valence-corrected chi connectivity index (χ4v) is 2.54. The Labute approximate surface area is 121 Å². The number of nitrogens with one attached hydrogen (secondary N) is 1. The molecule has 0 aliphatic heterocycles. The summed E-state index contributed by atoms with van der Waals surface area (Å²) >= 11 is 1.59. The average Bonchev–Trinajstić information content (AvgIpc) is 3.08. The van der Waals surface area contributed by atoms with E-state index in [0.29, 0.717) is 31.3 Å².